The summed E-state index contributed by atoms with van der Waals surface area (Å²) in [7, 11) is 0. The van der Waals surface area contributed by atoms with Gasteiger partial charge < -0.3 is 11.1 Å². The van der Waals surface area contributed by atoms with Crippen LogP contribution in [0.1, 0.15) is 37.8 Å². The van der Waals surface area contributed by atoms with E-state index in [0.29, 0.717) is 23.2 Å². The van der Waals surface area contributed by atoms with Crippen LogP contribution in [0.25, 0.3) is 5.69 Å². The molecule has 1 aromatic carbocycles. The van der Waals surface area contributed by atoms with Crippen molar-refractivity contribution in [2.24, 2.45) is 23.5 Å². The van der Waals surface area contributed by atoms with Gasteiger partial charge in [-0.15, -0.1) is 0 Å². The number of halogens is 1. The zero-order chi connectivity index (χ0) is 18.3. The first-order chi connectivity index (χ1) is 12.5. The fourth-order valence-corrected chi connectivity index (χ4v) is 4.64. The second kappa shape index (κ2) is 6.83. The van der Waals surface area contributed by atoms with E-state index in [9.17, 15) is 9.18 Å². The van der Waals surface area contributed by atoms with Gasteiger partial charge in [0.25, 0.3) is 0 Å². The highest BCUT2D eigenvalue weighted by Gasteiger charge is 2.40. The van der Waals surface area contributed by atoms with Gasteiger partial charge in [0.15, 0.2) is 0 Å². The number of fused-ring (bicyclic) bond motifs is 2. The molecular formula is C20H25FN4O. The molecule has 1 amide bonds. The Bertz CT molecular complexity index is 804. The quantitative estimate of drug-likeness (QED) is 0.885. The van der Waals surface area contributed by atoms with Gasteiger partial charge in [0.1, 0.15) is 11.5 Å². The summed E-state index contributed by atoms with van der Waals surface area (Å²) >= 11 is 0. The third-order valence-corrected chi connectivity index (χ3v) is 6.13. The van der Waals surface area contributed by atoms with Crippen LogP contribution in [0.4, 0.5) is 10.1 Å². The number of anilines is 1. The normalized spacial score (nSPS) is 28.0. The van der Waals surface area contributed by atoms with Crippen molar-refractivity contribution in [3.05, 3.63) is 42.0 Å². The Hall–Kier alpha value is -2.21. The van der Waals surface area contributed by atoms with Crippen molar-refractivity contribution >= 4 is 11.6 Å². The van der Waals surface area contributed by atoms with E-state index < -0.39 is 0 Å². The number of aromatic nitrogens is 2. The Morgan fingerprint density at radius 3 is 2.65 bits per heavy atom. The van der Waals surface area contributed by atoms with Crippen molar-refractivity contribution in [1.82, 2.24) is 9.78 Å². The number of amides is 1. The number of benzene rings is 1. The molecule has 2 bridgehead atoms. The number of rotatable bonds is 3. The average molecular weight is 356 g/mol. The summed E-state index contributed by atoms with van der Waals surface area (Å²) < 4.78 is 15.6. The van der Waals surface area contributed by atoms with Crippen molar-refractivity contribution in [3.63, 3.8) is 0 Å². The van der Waals surface area contributed by atoms with Gasteiger partial charge in [0.2, 0.25) is 5.91 Å². The monoisotopic (exact) mass is 356 g/mol. The molecule has 2 fully saturated rings. The average Bonchev–Trinajstić information content (AvgIpc) is 2.95. The van der Waals surface area contributed by atoms with Gasteiger partial charge >= 0.3 is 0 Å². The zero-order valence-corrected chi connectivity index (χ0v) is 15.0. The van der Waals surface area contributed by atoms with Crippen LogP contribution >= 0.6 is 0 Å². The molecule has 0 radical (unpaired) electrons. The predicted molar refractivity (Wildman–Crippen MR) is 98.4 cm³/mol. The summed E-state index contributed by atoms with van der Waals surface area (Å²) in [5, 5.41) is 7.26. The van der Waals surface area contributed by atoms with Crippen molar-refractivity contribution in [1.29, 1.82) is 0 Å². The van der Waals surface area contributed by atoms with Crippen LogP contribution in [0.5, 0.6) is 0 Å². The second-order valence-corrected chi connectivity index (χ2v) is 7.69. The molecule has 2 aliphatic rings. The van der Waals surface area contributed by atoms with Gasteiger partial charge in [0.05, 0.1) is 17.6 Å². The van der Waals surface area contributed by atoms with Crippen LogP contribution in [0.3, 0.4) is 0 Å². The molecule has 26 heavy (non-hydrogen) atoms. The number of nitrogens with zero attached hydrogens (tertiary/aromatic N) is 2. The molecular weight excluding hydrogens is 331 g/mol. The molecule has 2 saturated carbocycles. The summed E-state index contributed by atoms with van der Waals surface area (Å²) in [4.78, 5) is 12.8. The minimum atomic E-state index is -0.342. The van der Waals surface area contributed by atoms with E-state index in [4.69, 9.17) is 5.73 Å². The minimum Gasteiger partial charge on any atom is -0.327 e. The molecule has 2 unspecified atom stereocenters. The zero-order valence-electron chi connectivity index (χ0n) is 15.0. The van der Waals surface area contributed by atoms with E-state index in [1.165, 1.54) is 17.2 Å². The number of carbonyl (C=O) groups is 1. The molecule has 0 aliphatic heterocycles. The first kappa shape index (κ1) is 17.2. The molecule has 2 atom stereocenters. The topological polar surface area (TPSA) is 72.9 Å². The number of nitrogens with one attached hydrogen (secondary N) is 1. The maximum absolute atomic E-state index is 14.0. The lowest BCUT2D eigenvalue weighted by atomic mass is 9.65. The molecule has 0 saturated heterocycles. The van der Waals surface area contributed by atoms with Crippen molar-refractivity contribution in [2.45, 2.75) is 45.1 Å². The lowest BCUT2D eigenvalue weighted by Crippen LogP contribution is -2.48. The number of para-hydroxylation sites is 1. The number of hydrogen-bond donors (Lipinski definition) is 2. The first-order valence-corrected chi connectivity index (χ1v) is 9.40. The van der Waals surface area contributed by atoms with Crippen LogP contribution < -0.4 is 11.1 Å². The van der Waals surface area contributed by atoms with Crippen LogP contribution in [-0.4, -0.2) is 21.7 Å². The molecule has 4 rings (SSSR count). The van der Waals surface area contributed by atoms with E-state index in [2.05, 4.69) is 10.4 Å². The van der Waals surface area contributed by atoms with Crippen molar-refractivity contribution in [3.8, 4) is 5.69 Å². The standard InChI is InChI=1S/C20H25FN4O/c1-12-17(11-23-25(12)18-8-3-2-7-16(18)21)24-20(26)15-9-13-5-4-6-14(10-15)19(13)22/h2-3,7-8,11,13-15,19H,4-6,9-10,22H2,1H3,(H,24,26). The third kappa shape index (κ3) is 3.03. The van der Waals surface area contributed by atoms with E-state index in [1.54, 1.807) is 24.4 Å². The highest BCUT2D eigenvalue weighted by Crippen LogP contribution is 2.42. The SMILES string of the molecule is Cc1c(NC(=O)C2CC3CCCC(C2)C3N)cnn1-c1ccccc1F. The van der Waals surface area contributed by atoms with Crippen LogP contribution in [0.15, 0.2) is 30.5 Å². The molecule has 5 nitrogen and oxygen atoms in total. The maximum atomic E-state index is 14.0. The van der Waals surface area contributed by atoms with Crippen molar-refractivity contribution < 1.29 is 9.18 Å². The van der Waals surface area contributed by atoms with Crippen molar-refractivity contribution in [2.75, 3.05) is 5.32 Å². The third-order valence-electron chi connectivity index (χ3n) is 6.13. The van der Waals surface area contributed by atoms with E-state index in [0.717, 1.165) is 31.4 Å². The Kier molecular flexibility index (Phi) is 4.53. The van der Waals surface area contributed by atoms with E-state index in [1.807, 2.05) is 6.92 Å². The number of hydrogen-bond acceptors (Lipinski definition) is 3. The summed E-state index contributed by atoms with van der Waals surface area (Å²) in [6.45, 7) is 1.83. The Labute approximate surface area is 152 Å². The second-order valence-electron chi connectivity index (χ2n) is 7.69. The van der Waals surface area contributed by atoms with Gasteiger partial charge in [-0.2, -0.15) is 5.10 Å². The summed E-state index contributed by atoms with van der Waals surface area (Å²) in [6.07, 6.45) is 6.81. The highest BCUT2D eigenvalue weighted by molar-refractivity contribution is 5.93. The van der Waals surface area contributed by atoms with Gasteiger partial charge in [0, 0.05) is 12.0 Å². The molecule has 6 heteroatoms. The maximum Gasteiger partial charge on any atom is 0.227 e. The van der Waals surface area contributed by atoms with E-state index >= 15 is 0 Å². The first-order valence-electron chi connectivity index (χ1n) is 9.40. The largest absolute Gasteiger partial charge is 0.327 e. The van der Waals surface area contributed by atoms with E-state index in [-0.39, 0.29) is 23.7 Å². The fraction of sp³-hybridized carbons (Fsp3) is 0.500. The smallest absolute Gasteiger partial charge is 0.227 e. The Morgan fingerprint density at radius 1 is 1.27 bits per heavy atom. The molecule has 2 aromatic rings. The molecule has 1 heterocycles. The molecule has 138 valence electrons. The summed E-state index contributed by atoms with van der Waals surface area (Å²) in [5.74, 6) is 0.609. The molecule has 1 aromatic heterocycles. The molecule has 2 aliphatic carbocycles. The predicted octanol–water partition coefficient (Wildman–Crippen LogP) is 3.41. The number of carbonyl (C=O) groups excluding carboxylic acids is 1. The fourth-order valence-electron chi connectivity index (χ4n) is 4.64. The minimum absolute atomic E-state index is 0.00121. The lowest BCUT2D eigenvalue weighted by Gasteiger charge is -2.43. The molecule has 3 N–H and O–H groups in total. The van der Waals surface area contributed by atoms with Gasteiger partial charge in [-0.25, -0.2) is 9.07 Å². The molecule has 0 spiro atoms. The highest BCUT2D eigenvalue weighted by atomic mass is 19.1. The van der Waals surface area contributed by atoms with Crippen LogP contribution in [-0.2, 0) is 4.79 Å². The number of nitrogens with two attached hydrogens (primary N) is 1. The van der Waals surface area contributed by atoms with Gasteiger partial charge in [-0.05, 0) is 56.6 Å². The Morgan fingerprint density at radius 2 is 1.96 bits per heavy atom. The Balaban J connectivity index is 1.50. The van der Waals surface area contributed by atoms with Crippen LogP contribution in [0, 0.1) is 30.5 Å². The van der Waals surface area contributed by atoms with Gasteiger partial charge in [-0.3, -0.25) is 4.79 Å². The lowest BCUT2D eigenvalue weighted by molar-refractivity contribution is -0.122. The van der Waals surface area contributed by atoms with Gasteiger partial charge in [-0.1, -0.05) is 18.6 Å². The summed E-state index contributed by atoms with van der Waals surface area (Å²) in [5.41, 5.74) is 8.06. The summed E-state index contributed by atoms with van der Waals surface area (Å²) in [6, 6.07) is 6.73. The van der Waals surface area contributed by atoms with Crippen LogP contribution in [0.2, 0.25) is 0 Å².